The van der Waals surface area contributed by atoms with Crippen molar-refractivity contribution in [2.45, 2.75) is 65.7 Å². The minimum absolute atomic E-state index is 0. The Morgan fingerprint density at radius 3 is 2.50 bits per heavy atom. The van der Waals surface area contributed by atoms with Gasteiger partial charge in [-0.3, -0.25) is 4.99 Å². The lowest BCUT2D eigenvalue weighted by Gasteiger charge is -2.28. The van der Waals surface area contributed by atoms with Gasteiger partial charge in [0.25, 0.3) is 0 Å². The Balaban J connectivity index is 0.00000288. The smallest absolute Gasteiger partial charge is 0.190 e. The molecule has 0 unspecified atom stereocenters. The van der Waals surface area contributed by atoms with Gasteiger partial charge in [0.05, 0.1) is 5.69 Å². The summed E-state index contributed by atoms with van der Waals surface area (Å²) >= 11 is 0. The molecule has 0 spiro atoms. The highest BCUT2D eigenvalue weighted by Gasteiger charge is 2.31. The maximum absolute atomic E-state index is 5.21. The third-order valence-electron chi connectivity index (χ3n) is 5.35. The van der Waals surface area contributed by atoms with E-state index >= 15 is 0 Å². The molecule has 0 radical (unpaired) electrons. The first kappa shape index (κ1) is 21.3. The fraction of sp³-hybridized carbons (Fsp3) is 0.778. The van der Waals surface area contributed by atoms with Crippen molar-refractivity contribution < 1.29 is 4.52 Å². The van der Waals surface area contributed by atoms with E-state index in [-0.39, 0.29) is 24.0 Å². The molecule has 0 amide bonds. The predicted molar refractivity (Wildman–Crippen MR) is 110 cm³/mol. The lowest BCUT2D eigenvalue weighted by molar-refractivity contribution is 0.283. The first-order chi connectivity index (χ1) is 11.1. The lowest BCUT2D eigenvalue weighted by atomic mass is 9.83. The highest BCUT2D eigenvalue weighted by atomic mass is 127. The summed E-state index contributed by atoms with van der Waals surface area (Å²) in [4.78, 5) is 4.35. The summed E-state index contributed by atoms with van der Waals surface area (Å²) in [5, 5.41) is 11.0. The van der Waals surface area contributed by atoms with Crippen molar-refractivity contribution in [1.29, 1.82) is 0 Å². The van der Waals surface area contributed by atoms with E-state index in [0.29, 0.717) is 5.41 Å². The summed E-state index contributed by atoms with van der Waals surface area (Å²) in [5.41, 5.74) is 2.73. The molecule has 0 atom stereocenters. The Morgan fingerprint density at radius 1 is 1.25 bits per heavy atom. The van der Waals surface area contributed by atoms with Gasteiger partial charge in [-0.1, -0.05) is 24.9 Å². The molecule has 2 rings (SSSR count). The van der Waals surface area contributed by atoms with Crippen LogP contribution in [0.4, 0.5) is 0 Å². The van der Waals surface area contributed by atoms with Gasteiger partial charge in [-0.25, -0.2) is 0 Å². The van der Waals surface area contributed by atoms with Crippen LogP contribution < -0.4 is 10.6 Å². The standard InChI is InChI=1S/C18H32N4O.HI/c1-5-18(10-6-7-11-18)13-21-17(19-4)20-12-8-9-16-14(2)22-23-15(16)3;/h5-13H2,1-4H3,(H2,19,20,21);1H. The minimum atomic E-state index is 0. The number of aliphatic imine (C=N–C) groups is 1. The lowest BCUT2D eigenvalue weighted by Crippen LogP contribution is -2.43. The van der Waals surface area contributed by atoms with Crippen molar-refractivity contribution in [3.05, 3.63) is 17.0 Å². The molecule has 5 nitrogen and oxygen atoms in total. The molecule has 1 aliphatic rings. The highest BCUT2D eigenvalue weighted by Crippen LogP contribution is 2.40. The third-order valence-corrected chi connectivity index (χ3v) is 5.35. The van der Waals surface area contributed by atoms with Crippen molar-refractivity contribution in [3.63, 3.8) is 0 Å². The zero-order chi connectivity index (χ0) is 16.7. The molecule has 1 heterocycles. The van der Waals surface area contributed by atoms with E-state index in [0.717, 1.165) is 43.3 Å². The highest BCUT2D eigenvalue weighted by molar-refractivity contribution is 14.0. The van der Waals surface area contributed by atoms with Gasteiger partial charge in [-0.05, 0) is 51.4 Å². The maximum atomic E-state index is 5.21. The third kappa shape index (κ3) is 5.63. The second-order valence-corrected chi connectivity index (χ2v) is 6.82. The SMILES string of the molecule is CCC1(CNC(=NC)NCCCc2c(C)noc2C)CCCC1.I. The molecule has 1 aliphatic carbocycles. The molecule has 0 bridgehead atoms. The summed E-state index contributed by atoms with van der Waals surface area (Å²) in [6.45, 7) is 8.24. The Kier molecular flexibility index (Phi) is 9.08. The van der Waals surface area contributed by atoms with Gasteiger partial charge in [0, 0.05) is 25.7 Å². The van der Waals surface area contributed by atoms with Crippen molar-refractivity contribution in [2.24, 2.45) is 10.4 Å². The van der Waals surface area contributed by atoms with Gasteiger partial charge in [0.1, 0.15) is 5.76 Å². The normalized spacial score (nSPS) is 16.8. The van der Waals surface area contributed by atoms with E-state index in [2.05, 4.69) is 27.7 Å². The fourth-order valence-corrected chi connectivity index (χ4v) is 3.60. The average Bonchev–Trinajstić information content (AvgIpc) is 3.16. The van der Waals surface area contributed by atoms with Gasteiger partial charge in [-0.15, -0.1) is 24.0 Å². The molecule has 1 aromatic heterocycles. The van der Waals surface area contributed by atoms with Crippen molar-refractivity contribution in [3.8, 4) is 0 Å². The van der Waals surface area contributed by atoms with Crippen LogP contribution in [0.1, 0.15) is 62.5 Å². The number of hydrogen-bond donors (Lipinski definition) is 2. The van der Waals surface area contributed by atoms with Gasteiger partial charge in [0.2, 0.25) is 0 Å². The largest absolute Gasteiger partial charge is 0.361 e. The maximum Gasteiger partial charge on any atom is 0.190 e. The Hall–Kier alpha value is -0.790. The molecule has 6 heteroatoms. The molecule has 1 saturated carbocycles. The molecule has 0 saturated heterocycles. The second kappa shape index (κ2) is 10.3. The van der Waals surface area contributed by atoms with E-state index in [1.165, 1.54) is 37.7 Å². The van der Waals surface area contributed by atoms with Crippen LogP contribution in [0.15, 0.2) is 9.52 Å². The summed E-state index contributed by atoms with van der Waals surface area (Å²) in [5.74, 6) is 1.86. The summed E-state index contributed by atoms with van der Waals surface area (Å²) in [6, 6.07) is 0. The van der Waals surface area contributed by atoms with E-state index in [4.69, 9.17) is 4.52 Å². The number of aromatic nitrogens is 1. The molecular formula is C18H33IN4O. The summed E-state index contributed by atoms with van der Waals surface area (Å²) in [6.07, 6.45) is 8.73. The molecule has 1 fully saturated rings. The molecule has 0 aromatic carbocycles. The fourth-order valence-electron chi connectivity index (χ4n) is 3.60. The van der Waals surface area contributed by atoms with Crippen molar-refractivity contribution >= 4 is 29.9 Å². The van der Waals surface area contributed by atoms with Crippen LogP contribution in [0.3, 0.4) is 0 Å². The zero-order valence-corrected chi connectivity index (χ0v) is 17.9. The summed E-state index contributed by atoms with van der Waals surface area (Å²) in [7, 11) is 1.84. The van der Waals surface area contributed by atoms with Gasteiger partial charge < -0.3 is 15.2 Å². The van der Waals surface area contributed by atoms with Crippen LogP contribution in [0, 0.1) is 19.3 Å². The number of nitrogens with zero attached hydrogens (tertiary/aromatic N) is 2. The topological polar surface area (TPSA) is 62.5 Å². The Labute approximate surface area is 163 Å². The first-order valence-electron chi connectivity index (χ1n) is 8.96. The van der Waals surface area contributed by atoms with Crippen LogP contribution in [-0.2, 0) is 6.42 Å². The zero-order valence-electron chi connectivity index (χ0n) is 15.6. The summed E-state index contributed by atoms with van der Waals surface area (Å²) < 4.78 is 5.21. The molecule has 0 aliphatic heterocycles. The molecular weight excluding hydrogens is 415 g/mol. The monoisotopic (exact) mass is 448 g/mol. The van der Waals surface area contributed by atoms with Crippen molar-refractivity contribution in [2.75, 3.05) is 20.1 Å². The van der Waals surface area contributed by atoms with Crippen LogP contribution >= 0.6 is 24.0 Å². The Morgan fingerprint density at radius 2 is 1.96 bits per heavy atom. The molecule has 1 aromatic rings. The molecule has 24 heavy (non-hydrogen) atoms. The van der Waals surface area contributed by atoms with Crippen LogP contribution in [0.2, 0.25) is 0 Å². The van der Waals surface area contributed by atoms with Crippen LogP contribution in [-0.4, -0.2) is 31.3 Å². The Bertz CT molecular complexity index is 502. The van der Waals surface area contributed by atoms with Crippen molar-refractivity contribution in [1.82, 2.24) is 15.8 Å². The number of hydrogen-bond acceptors (Lipinski definition) is 3. The van der Waals surface area contributed by atoms with Gasteiger partial charge in [-0.2, -0.15) is 0 Å². The predicted octanol–water partition coefficient (Wildman–Crippen LogP) is 3.98. The van der Waals surface area contributed by atoms with Gasteiger partial charge in [0.15, 0.2) is 5.96 Å². The van der Waals surface area contributed by atoms with E-state index in [1.807, 2.05) is 20.9 Å². The van der Waals surface area contributed by atoms with Gasteiger partial charge >= 0.3 is 0 Å². The van der Waals surface area contributed by atoms with Crippen LogP contribution in [0.25, 0.3) is 0 Å². The number of guanidine groups is 1. The number of rotatable bonds is 7. The second-order valence-electron chi connectivity index (χ2n) is 6.82. The number of halogens is 1. The van der Waals surface area contributed by atoms with Crippen LogP contribution in [0.5, 0.6) is 0 Å². The average molecular weight is 448 g/mol. The number of aryl methyl sites for hydroxylation is 2. The first-order valence-corrected chi connectivity index (χ1v) is 8.96. The van der Waals surface area contributed by atoms with E-state index < -0.39 is 0 Å². The number of nitrogens with one attached hydrogen (secondary N) is 2. The van der Waals surface area contributed by atoms with E-state index in [9.17, 15) is 0 Å². The minimum Gasteiger partial charge on any atom is -0.361 e. The molecule has 2 N–H and O–H groups in total. The quantitative estimate of drug-likeness (QED) is 0.287. The molecule has 138 valence electrons. The van der Waals surface area contributed by atoms with E-state index in [1.54, 1.807) is 0 Å².